The summed E-state index contributed by atoms with van der Waals surface area (Å²) in [5.74, 6) is 0.281. The first-order chi connectivity index (χ1) is 11.4. The number of carbonyl (C=O) groups excluding carboxylic acids is 1. The van der Waals surface area contributed by atoms with Crippen LogP contribution in [0.2, 0.25) is 0 Å². The van der Waals surface area contributed by atoms with Crippen LogP contribution in [0.25, 0.3) is 0 Å². The van der Waals surface area contributed by atoms with E-state index >= 15 is 0 Å². The smallest absolute Gasteiger partial charge is 0.257 e. The second-order valence-electron chi connectivity index (χ2n) is 5.98. The molecule has 1 amide bonds. The first-order valence-corrected chi connectivity index (χ1v) is 9.39. The quantitative estimate of drug-likeness (QED) is 0.860. The van der Waals surface area contributed by atoms with E-state index < -0.39 is 10.0 Å². The molecular weight excluding hydrogens is 330 g/mol. The lowest BCUT2D eigenvalue weighted by molar-refractivity contribution is 0.0788. The van der Waals surface area contributed by atoms with Crippen molar-refractivity contribution in [1.29, 1.82) is 0 Å². The van der Waals surface area contributed by atoms with Crippen molar-refractivity contribution >= 4 is 15.9 Å². The van der Waals surface area contributed by atoms with Gasteiger partial charge in [0, 0.05) is 24.5 Å². The normalized spacial score (nSPS) is 15.2. The zero-order valence-corrected chi connectivity index (χ0v) is 14.6. The number of hydrogen-bond acceptors (Lipinski definition) is 4. The molecule has 1 aliphatic heterocycles. The first-order valence-electron chi connectivity index (χ1n) is 7.90. The van der Waals surface area contributed by atoms with Crippen molar-refractivity contribution in [3.63, 3.8) is 0 Å². The number of aromatic nitrogens is 1. The van der Waals surface area contributed by atoms with Crippen LogP contribution in [0.1, 0.15) is 40.3 Å². The molecule has 1 aliphatic rings. The molecule has 3 rings (SSSR count). The second kappa shape index (κ2) is 6.45. The zero-order valence-electron chi connectivity index (χ0n) is 13.8. The molecule has 0 saturated carbocycles. The lowest BCUT2D eigenvalue weighted by atomic mass is 10.2. The molecule has 1 fully saturated rings. The summed E-state index contributed by atoms with van der Waals surface area (Å²) in [5, 5.41) is 0. The van der Waals surface area contributed by atoms with E-state index in [1.165, 1.54) is 6.26 Å². The molecule has 0 atom stereocenters. The number of sulfonamides is 1. The summed E-state index contributed by atoms with van der Waals surface area (Å²) < 4.78 is 33.2. The number of nitrogens with zero attached hydrogens (tertiary/aromatic N) is 1. The fraction of sp³-hybridized carbons (Fsp3) is 0.438. The Hall–Kier alpha value is -2.06. The molecule has 2 N–H and O–H groups in total. The largest absolute Gasteiger partial charge is 0.468 e. The van der Waals surface area contributed by atoms with Gasteiger partial charge in [-0.25, -0.2) is 13.1 Å². The van der Waals surface area contributed by atoms with Gasteiger partial charge >= 0.3 is 0 Å². The van der Waals surface area contributed by atoms with E-state index in [9.17, 15) is 13.2 Å². The van der Waals surface area contributed by atoms with Gasteiger partial charge < -0.3 is 14.3 Å². The maximum Gasteiger partial charge on any atom is 0.257 e. The van der Waals surface area contributed by atoms with Crippen molar-refractivity contribution in [2.75, 3.05) is 13.1 Å². The highest BCUT2D eigenvalue weighted by Crippen LogP contribution is 2.26. The van der Waals surface area contributed by atoms with Gasteiger partial charge in [0.15, 0.2) is 0 Å². The van der Waals surface area contributed by atoms with Gasteiger partial charge in [0.2, 0.25) is 10.0 Å². The minimum absolute atomic E-state index is 0.0310. The highest BCUT2D eigenvalue weighted by molar-refractivity contribution is 7.89. The predicted molar refractivity (Wildman–Crippen MR) is 88.1 cm³/mol. The standard InChI is InChI=1S/C16H21N3O4S/c1-11-14(16(20)19-7-3-4-8-19)15(12(2)18-11)24(21,22)17-10-13-6-5-9-23-13/h5-6,9,17-18H,3-4,7-8,10H2,1-2H3. The van der Waals surface area contributed by atoms with Crippen LogP contribution < -0.4 is 4.72 Å². The topological polar surface area (TPSA) is 95.4 Å². The molecule has 0 aromatic carbocycles. The third-order valence-electron chi connectivity index (χ3n) is 4.21. The van der Waals surface area contributed by atoms with Gasteiger partial charge in [0.1, 0.15) is 10.7 Å². The van der Waals surface area contributed by atoms with Crippen molar-refractivity contribution in [3.05, 3.63) is 41.1 Å². The number of H-pyrrole nitrogens is 1. The highest BCUT2D eigenvalue weighted by Gasteiger charge is 2.32. The maximum absolute atomic E-state index is 12.8. The Morgan fingerprint density at radius 1 is 1.29 bits per heavy atom. The lowest BCUT2D eigenvalue weighted by Gasteiger charge is -2.16. The summed E-state index contributed by atoms with van der Waals surface area (Å²) in [4.78, 5) is 17.5. The van der Waals surface area contributed by atoms with Gasteiger partial charge in [0.25, 0.3) is 5.91 Å². The van der Waals surface area contributed by atoms with E-state index in [2.05, 4.69) is 9.71 Å². The van der Waals surface area contributed by atoms with E-state index in [-0.39, 0.29) is 22.9 Å². The molecule has 7 nitrogen and oxygen atoms in total. The molecule has 2 aromatic rings. The molecule has 0 radical (unpaired) electrons. The molecule has 1 saturated heterocycles. The molecule has 24 heavy (non-hydrogen) atoms. The molecule has 0 spiro atoms. The fourth-order valence-corrected chi connectivity index (χ4v) is 4.52. The molecule has 0 aliphatic carbocycles. The lowest BCUT2D eigenvalue weighted by Crippen LogP contribution is -2.31. The van der Waals surface area contributed by atoms with Gasteiger partial charge in [-0.1, -0.05) is 0 Å². The Bertz CT molecular complexity index is 831. The fourth-order valence-electron chi connectivity index (χ4n) is 3.08. The number of hydrogen-bond donors (Lipinski definition) is 2. The Morgan fingerprint density at radius 2 is 2.00 bits per heavy atom. The summed E-state index contributed by atoms with van der Waals surface area (Å²) in [6.45, 7) is 4.76. The number of rotatable bonds is 5. The third-order valence-corrected chi connectivity index (χ3v) is 5.78. The van der Waals surface area contributed by atoms with E-state index in [1.807, 2.05) is 0 Å². The van der Waals surface area contributed by atoms with Crippen LogP contribution in [-0.4, -0.2) is 37.3 Å². The Labute approximate surface area is 141 Å². The summed E-state index contributed by atoms with van der Waals surface area (Å²) in [6.07, 6.45) is 3.39. The SMILES string of the molecule is Cc1[nH]c(C)c(S(=O)(=O)NCc2ccco2)c1C(=O)N1CCCC1. The number of aryl methyl sites for hydroxylation is 2. The van der Waals surface area contributed by atoms with Crippen molar-refractivity contribution in [2.24, 2.45) is 0 Å². The van der Waals surface area contributed by atoms with Crippen LogP contribution in [0.4, 0.5) is 0 Å². The summed E-state index contributed by atoms with van der Waals surface area (Å²) in [7, 11) is -3.84. The number of likely N-dealkylation sites (tertiary alicyclic amines) is 1. The number of furan rings is 1. The van der Waals surface area contributed by atoms with Crippen LogP contribution >= 0.6 is 0 Å². The van der Waals surface area contributed by atoms with E-state index in [4.69, 9.17) is 4.42 Å². The van der Waals surface area contributed by atoms with Crippen molar-refractivity contribution in [3.8, 4) is 0 Å². The van der Waals surface area contributed by atoms with Gasteiger partial charge in [-0.3, -0.25) is 4.79 Å². The van der Waals surface area contributed by atoms with Crippen LogP contribution in [-0.2, 0) is 16.6 Å². The molecule has 130 valence electrons. The van der Waals surface area contributed by atoms with Gasteiger partial charge in [-0.05, 0) is 38.8 Å². The zero-order chi connectivity index (χ0) is 17.3. The number of aromatic amines is 1. The van der Waals surface area contributed by atoms with E-state index in [0.29, 0.717) is 30.2 Å². The average Bonchev–Trinajstić information content (AvgIpc) is 3.26. The maximum atomic E-state index is 12.8. The molecule has 2 aromatic heterocycles. The van der Waals surface area contributed by atoms with Crippen LogP contribution in [0, 0.1) is 13.8 Å². The molecular formula is C16H21N3O4S. The number of nitrogens with one attached hydrogen (secondary N) is 2. The van der Waals surface area contributed by atoms with E-state index in [1.54, 1.807) is 30.9 Å². The highest BCUT2D eigenvalue weighted by atomic mass is 32.2. The Kier molecular flexibility index (Phi) is 4.51. The van der Waals surface area contributed by atoms with Gasteiger partial charge in [0.05, 0.1) is 18.4 Å². The Morgan fingerprint density at radius 3 is 2.62 bits per heavy atom. The second-order valence-corrected chi connectivity index (χ2v) is 7.69. The van der Waals surface area contributed by atoms with Crippen molar-refractivity contribution in [1.82, 2.24) is 14.6 Å². The van der Waals surface area contributed by atoms with Crippen LogP contribution in [0.5, 0.6) is 0 Å². The minimum Gasteiger partial charge on any atom is -0.468 e. The number of carbonyl (C=O) groups is 1. The van der Waals surface area contributed by atoms with Crippen molar-refractivity contribution < 1.29 is 17.6 Å². The van der Waals surface area contributed by atoms with E-state index in [0.717, 1.165) is 12.8 Å². The van der Waals surface area contributed by atoms with Gasteiger partial charge in [-0.15, -0.1) is 0 Å². The molecule has 0 unspecified atom stereocenters. The molecule has 3 heterocycles. The third kappa shape index (κ3) is 3.11. The number of amides is 1. The molecule has 8 heteroatoms. The summed E-state index contributed by atoms with van der Waals surface area (Å²) in [6, 6.07) is 3.38. The predicted octanol–water partition coefficient (Wildman–Crippen LogP) is 1.94. The molecule has 0 bridgehead atoms. The summed E-state index contributed by atoms with van der Waals surface area (Å²) in [5.41, 5.74) is 1.27. The van der Waals surface area contributed by atoms with Crippen LogP contribution in [0.15, 0.2) is 27.7 Å². The summed E-state index contributed by atoms with van der Waals surface area (Å²) >= 11 is 0. The van der Waals surface area contributed by atoms with Crippen LogP contribution in [0.3, 0.4) is 0 Å². The monoisotopic (exact) mass is 351 g/mol. The van der Waals surface area contributed by atoms with Gasteiger partial charge in [-0.2, -0.15) is 0 Å². The Balaban J connectivity index is 1.92. The first kappa shape index (κ1) is 16.8. The van der Waals surface area contributed by atoms with Crippen molar-refractivity contribution in [2.45, 2.75) is 38.1 Å². The minimum atomic E-state index is -3.84. The average molecular weight is 351 g/mol.